The Bertz CT molecular complexity index is 7760. The van der Waals surface area contributed by atoms with Crippen LogP contribution in [0.25, 0.3) is 216 Å². The summed E-state index contributed by atoms with van der Waals surface area (Å²) in [6.07, 6.45) is 0. The molecule has 0 aliphatic heterocycles. The van der Waals surface area contributed by atoms with E-state index in [1.165, 1.54) is 216 Å². The highest BCUT2D eigenvalue weighted by atomic mass is 15.0. The largest absolute Gasteiger partial charge is 0.343 e. The first-order valence-corrected chi connectivity index (χ1v) is 36.1. The molecule has 4 heteroatoms. The highest BCUT2D eigenvalue weighted by molar-refractivity contribution is 6.39. The van der Waals surface area contributed by atoms with E-state index in [1.807, 2.05) is 0 Å². The zero-order chi connectivity index (χ0) is 69.0. The standard InChI is InChI=1S/4C25H17N/c1-26-23-15-17-9-3-2-8-16(17)14-22(23)24-20-12-6-4-10-18(20)19-11-5-7-13-21(19)25(24)26;1-26-22-15-14-16-8-2-3-9-17(16)23(22)24-20-12-6-4-10-18(20)19-11-5-7-13-21(19)25(24)26;1-26-22-13-7-6-12-20(22)24-21-15-14-16-8-2-3-9-17(16)23(21)18-10-4-5-11-19(18)25(24)26;1-26-22-13-7-6-12-20(22)24-19-11-5-4-10-18(19)23-17-9-3-2-8-16(17)14-15-21(23)25(24)26/h4*2-15H,1H3. The molecule has 0 spiro atoms. The number of aryl methyl sites for hydroxylation is 4. The summed E-state index contributed by atoms with van der Waals surface area (Å²) >= 11 is 0. The van der Waals surface area contributed by atoms with Gasteiger partial charge in [0.15, 0.2) is 0 Å². The second-order valence-corrected chi connectivity index (χ2v) is 28.3. The van der Waals surface area contributed by atoms with Crippen LogP contribution in [0.1, 0.15) is 0 Å². The van der Waals surface area contributed by atoms with Crippen LogP contribution in [0.2, 0.25) is 0 Å². The normalized spacial score (nSPS) is 12.0. The summed E-state index contributed by atoms with van der Waals surface area (Å²) in [7, 11) is 8.76. The van der Waals surface area contributed by atoms with E-state index >= 15 is 0 Å². The smallest absolute Gasteiger partial charge is 0.0575 e. The molecule has 0 fully saturated rings. The van der Waals surface area contributed by atoms with Gasteiger partial charge in [-0.3, -0.25) is 0 Å². The Kier molecular flexibility index (Phi) is 13.3. The van der Waals surface area contributed by atoms with E-state index in [4.69, 9.17) is 0 Å². The SMILES string of the molecule is Cn1c2cc3ccccc3cc2c2c3ccccc3c3ccccc3c21.Cn1c2ccc3ccccc3c2c2c3ccccc3c3ccccc3c21.Cn1c2ccccc2c2c3ccc4ccccc4c3c3ccccc3c21.Cn1c2ccccc2c2c3ccccc3c3c4ccccc4ccc3c21. The number of benzene rings is 20. The summed E-state index contributed by atoms with van der Waals surface area (Å²) in [5.41, 5.74) is 10.5. The van der Waals surface area contributed by atoms with Crippen LogP contribution in [-0.4, -0.2) is 18.3 Å². The Hall–Kier alpha value is -13.3. The molecule has 0 unspecified atom stereocenters. The molecule has 20 aromatic carbocycles. The molecule has 0 saturated heterocycles. The molecule has 0 aliphatic rings. The summed E-state index contributed by atoms with van der Waals surface area (Å²) in [4.78, 5) is 0. The predicted molar refractivity (Wildman–Crippen MR) is 452 cm³/mol. The molecule has 24 aromatic rings. The molecule has 0 saturated carbocycles. The first kappa shape index (κ1) is 59.6. The van der Waals surface area contributed by atoms with Crippen LogP contribution in [0, 0.1) is 0 Å². The zero-order valence-corrected chi connectivity index (χ0v) is 58.1. The molecule has 104 heavy (non-hydrogen) atoms. The second-order valence-electron chi connectivity index (χ2n) is 28.3. The summed E-state index contributed by atoms with van der Waals surface area (Å²) < 4.78 is 9.44. The van der Waals surface area contributed by atoms with Crippen molar-refractivity contribution in [2.75, 3.05) is 0 Å². The molecule has 4 heterocycles. The van der Waals surface area contributed by atoms with Crippen molar-refractivity contribution in [3.05, 3.63) is 340 Å². The van der Waals surface area contributed by atoms with Crippen LogP contribution in [0.15, 0.2) is 340 Å². The Morgan fingerprint density at radius 1 is 0.135 bits per heavy atom. The fourth-order valence-corrected chi connectivity index (χ4v) is 18.5. The Morgan fingerprint density at radius 3 is 0.904 bits per heavy atom. The van der Waals surface area contributed by atoms with Gasteiger partial charge in [0.1, 0.15) is 0 Å². The molecule has 24 rings (SSSR count). The minimum atomic E-state index is 1.29. The Morgan fingerprint density at radius 2 is 0.404 bits per heavy atom. The number of fused-ring (bicyclic) bond motifs is 39. The second kappa shape index (κ2) is 23.1. The maximum absolute atomic E-state index is 2.37. The number of nitrogens with zero attached hydrogens (tertiary/aromatic N) is 4. The number of para-hydroxylation sites is 2. The van der Waals surface area contributed by atoms with E-state index < -0.39 is 0 Å². The van der Waals surface area contributed by atoms with E-state index in [1.54, 1.807) is 0 Å². The highest BCUT2D eigenvalue weighted by Gasteiger charge is 2.22. The molecular formula is C100H68N4. The molecule has 0 N–H and O–H groups in total. The van der Waals surface area contributed by atoms with Crippen molar-refractivity contribution in [2.45, 2.75) is 0 Å². The fraction of sp³-hybridized carbons (Fsp3) is 0.0400. The van der Waals surface area contributed by atoms with Gasteiger partial charge in [0.25, 0.3) is 0 Å². The molecule has 0 amide bonds. The minimum Gasteiger partial charge on any atom is -0.343 e. The van der Waals surface area contributed by atoms with Crippen molar-refractivity contribution in [1.82, 2.24) is 18.3 Å². The van der Waals surface area contributed by atoms with Crippen LogP contribution < -0.4 is 0 Å². The van der Waals surface area contributed by atoms with Gasteiger partial charge < -0.3 is 18.3 Å². The highest BCUT2D eigenvalue weighted by Crippen LogP contribution is 2.48. The number of hydrogen-bond donors (Lipinski definition) is 0. The molecule has 0 bridgehead atoms. The Labute approximate surface area is 598 Å². The first-order chi connectivity index (χ1) is 51.4. The van der Waals surface area contributed by atoms with Crippen LogP contribution >= 0.6 is 0 Å². The van der Waals surface area contributed by atoms with E-state index in [2.05, 4.69) is 386 Å². The van der Waals surface area contributed by atoms with Gasteiger partial charge >= 0.3 is 0 Å². The lowest BCUT2D eigenvalue weighted by Crippen LogP contribution is -1.89. The summed E-state index contributed by atoms with van der Waals surface area (Å²) in [6.45, 7) is 0. The van der Waals surface area contributed by atoms with E-state index in [9.17, 15) is 0 Å². The molecule has 0 aliphatic carbocycles. The summed E-state index contributed by atoms with van der Waals surface area (Å²) in [5.74, 6) is 0. The number of rotatable bonds is 0. The average Bonchev–Trinajstić information content (AvgIpc) is 1.57. The van der Waals surface area contributed by atoms with Gasteiger partial charge in [0.05, 0.1) is 22.1 Å². The van der Waals surface area contributed by atoms with Crippen molar-refractivity contribution in [3.8, 4) is 0 Å². The average molecular weight is 1330 g/mol. The van der Waals surface area contributed by atoms with Gasteiger partial charge in [0.2, 0.25) is 0 Å². The molecular weight excluding hydrogens is 1260 g/mol. The summed E-state index contributed by atoms with van der Waals surface area (Å²) in [6, 6.07) is 123. The van der Waals surface area contributed by atoms with Crippen LogP contribution in [0.5, 0.6) is 0 Å². The third kappa shape index (κ3) is 8.60. The maximum Gasteiger partial charge on any atom is 0.0575 e. The van der Waals surface area contributed by atoms with Crippen molar-refractivity contribution in [3.63, 3.8) is 0 Å². The van der Waals surface area contributed by atoms with Gasteiger partial charge in [-0.1, -0.05) is 309 Å². The van der Waals surface area contributed by atoms with Crippen molar-refractivity contribution in [2.24, 2.45) is 28.2 Å². The van der Waals surface area contributed by atoms with E-state index in [-0.39, 0.29) is 0 Å². The molecule has 0 radical (unpaired) electrons. The Balaban J connectivity index is 0.0000000896. The first-order valence-electron chi connectivity index (χ1n) is 36.1. The topological polar surface area (TPSA) is 19.7 Å². The van der Waals surface area contributed by atoms with Gasteiger partial charge in [0, 0.05) is 115 Å². The lowest BCUT2D eigenvalue weighted by Gasteiger charge is -2.12. The van der Waals surface area contributed by atoms with Crippen LogP contribution in [0.3, 0.4) is 0 Å². The van der Waals surface area contributed by atoms with Gasteiger partial charge in [-0.15, -0.1) is 0 Å². The summed E-state index contributed by atoms with van der Waals surface area (Å²) in [5, 5.41) is 42.6. The van der Waals surface area contributed by atoms with E-state index in [0.717, 1.165) is 0 Å². The van der Waals surface area contributed by atoms with Crippen molar-refractivity contribution < 1.29 is 0 Å². The minimum absolute atomic E-state index is 1.29. The monoisotopic (exact) mass is 1320 g/mol. The predicted octanol–water partition coefficient (Wildman–Crippen LogP) is 27.2. The van der Waals surface area contributed by atoms with Crippen molar-refractivity contribution >= 4 is 216 Å². The number of aromatic nitrogens is 4. The number of hydrogen-bond acceptors (Lipinski definition) is 0. The maximum atomic E-state index is 2.37. The van der Waals surface area contributed by atoms with Gasteiger partial charge in [-0.2, -0.15) is 0 Å². The third-order valence-electron chi connectivity index (χ3n) is 23.0. The third-order valence-corrected chi connectivity index (χ3v) is 23.0. The van der Waals surface area contributed by atoms with E-state index in [0.29, 0.717) is 0 Å². The lowest BCUT2D eigenvalue weighted by atomic mass is 9.93. The lowest BCUT2D eigenvalue weighted by molar-refractivity contribution is 1.02. The molecule has 4 aromatic heterocycles. The van der Waals surface area contributed by atoms with Crippen LogP contribution in [0.4, 0.5) is 0 Å². The quantitative estimate of drug-likeness (QED) is 0.135. The van der Waals surface area contributed by atoms with Crippen molar-refractivity contribution in [1.29, 1.82) is 0 Å². The molecule has 488 valence electrons. The fourth-order valence-electron chi connectivity index (χ4n) is 18.5. The zero-order valence-electron chi connectivity index (χ0n) is 58.1. The van der Waals surface area contributed by atoms with Gasteiger partial charge in [-0.25, -0.2) is 0 Å². The molecule has 4 nitrogen and oxygen atoms in total. The van der Waals surface area contributed by atoms with Gasteiger partial charge in [-0.05, 0) is 138 Å². The van der Waals surface area contributed by atoms with Crippen LogP contribution in [-0.2, 0) is 28.2 Å². The molecule has 0 atom stereocenters.